The first kappa shape index (κ1) is 20.3. The molecule has 0 fully saturated rings. The summed E-state index contributed by atoms with van der Waals surface area (Å²) < 4.78 is 13.2. The van der Waals surface area contributed by atoms with Gasteiger partial charge in [-0.1, -0.05) is 42.5 Å². The summed E-state index contributed by atoms with van der Waals surface area (Å²) in [6, 6.07) is 18.0. The number of rotatable bonds is 6. The van der Waals surface area contributed by atoms with Crippen LogP contribution in [0.2, 0.25) is 0 Å². The van der Waals surface area contributed by atoms with E-state index < -0.39 is 5.97 Å². The van der Waals surface area contributed by atoms with Crippen molar-refractivity contribution in [2.45, 2.75) is 44.6 Å². The monoisotopic (exact) mass is 404 g/mol. The maximum atomic E-state index is 13.2. The van der Waals surface area contributed by atoms with Crippen molar-refractivity contribution in [2.24, 2.45) is 0 Å². The van der Waals surface area contributed by atoms with Gasteiger partial charge in [0.05, 0.1) is 11.7 Å². The van der Waals surface area contributed by atoms with Gasteiger partial charge >= 0.3 is 5.97 Å². The van der Waals surface area contributed by atoms with Crippen LogP contribution in [-0.2, 0) is 25.7 Å². The van der Waals surface area contributed by atoms with Crippen LogP contribution in [0.3, 0.4) is 0 Å². The summed E-state index contributed by atoms with van der Waals surface area (Å²) in [6.45, 7) is 0. The number of aliphatic hydroxyl groups is 1. The van der Waals surface area contributed by atoms with Gasteiger partial charge in [0.2, 0.25) is 0 Å². The second-order valence-corrected chi connectivity index (χ2v) is 8.04. The minimum Gasteiger partial charge on any atom is -0.478 e. The van der Waals surface area contributed by atoms with Gasteiger partial charge in [-0.25, -0.2) is 9.18 Å². The Hall–Kier alpha value is -2.98. The molecule has 0 saturated heterocycles. The highest BCUT2D eigenvalue weighted by atomic mass is 19.1. The van der Waals surface area contributed by atoms with E-state index in [-0.39, 0.29) is 11.9 Å². The first-order chi connectivity index (χ1) is 14.5. The van der Waals surface area contributed by atoms with Crippen LogP contribution >= 0.6 is 0 Å². The molecule has 3 aromatic carbocycles. The summed E-state index contributed by atoms with van der Waals surface area (Å²) >= 11 is 0. The number of fused-ring (bicyclic) bond motifs is 1. The van der Waals surface area contributed by atoms with E-state index in [1.807, 2.05) is 6.07 Å². The Morgan fingerprint density at radius 2 is 1.70 bits per heavy atom. The van der Waals surface area contributed by atoms with Gasteiger partial charge in [0, 0.05) is 0 Å². The van der Waals surface area contributed by atoms with Crippen molar-refractivity contribution in [1.29, 1.82) is 0 Å². The fraction of sp³-hybridized carbons (Fsp3) is 0.269. The Kier molecular flexibility index (Phi) is 5.96. The van der Waals surface area contributed by atoms with Gasteiger partial charge in [0.15, 0.2) is 0 Å². The third-order valence-electron chi connectivity index (χ3n) is 5.90. The Balaban J connectivity index is 1.49. The zero-order valence-corrected chi connectivity index (χ0v) is 16.8. The molecule has 3 nitrogen and oxygen atoms in total. The third-order valence-corrected chi connectivity index (χ3v) is 5.90. The molecule has 0 bridgehead atoms. The first-order valence-corrected chi connectivity index (χ1v) is 10.4. The van der Waals surface area contributed by atoms with Gasteiger partial charge in [-0.15, -0.1) is 0 Å². The lowest BCUT2D eigenvalue weighted by molar-refractivity contribution is 0.0695. The van der Waals surface area contributed by atoms with Crippen LogP contribution in [0.4, 0.5) is 4.39 Å². The lowest BCUT2D eigenvalue weighted by Gasteiger charge is -2.21. The Labute approximate surface area is 175 Å². The van der Waals surface area contributed by atoms with E-state index in [9.17, 15) is 19.4 Å². The number of aliphatic hydroxyl groups excluding tert-OH is 1. The fourth-order valence-corrected chi connectivity index (χ4v) is 4.26. The summed E-state index contributed by atoms with van der Waals surface area (Å²) in [7, 11) is 0. The molecule has 0 radical (unpaired) electrons. The lowest BCUT2D eigenvalue weighted by atomic mass is 9.88. The molecular formula is C26H25FO3. The quantitative estimate of drug-likeness (QED) is 0.593. The third kappa shape index (κ3) is 4.60. The van der Waals surface area contributed by atoms with Crippen LogP contribution in [0, 0.1) is 5.82 Å². The summed E-state index contributed by atoms with van der Waals surface area (Å²) in [5, 5.41) is 19.4. The topological polar surface area (TPSA) is 57.5 Å². The summed E-state index contributed by atoms with van der Waals surface area (Å²) in [6.07, 6.45) is 4.60. The van der Waals surface area contributed by atoms with Gasteiger partial charge in [-0.2, -0.15) is 0 Å². The van der Waals surface area contributed by atoms with E-state index in [2.05, 4.69) is 18.2 Å². The number of halogens is 1. The molecule has 1 aliphatic rings. The fourth-order valence-electron chi connectivity index (χ4n) is 4.26. The number of benzene rings is 3. The highest BCUT2D eigenvalue weighted by molar-refractivity contribution is 5.90. The maximum absolute atomic E-state index is 13.2. The van der Waals surface area contributed by atoms with Crippen molar-refractivity contribution in [2.75, 3.05) is 0 Å². The maximum Gasteiger partial charge on any atom is 0.335 e. The predicted molar refractivity (Wildman–Crippen MR) is 115 cm³/mol. The molecular weight excluding hydrogens is 379 g/mol. The Morgan fingerprint density at radius 3 is 2.47 bits per heavy atom. The van der Waals surface area contributed by atoms with E-state index in [4.69, 9.17) is 0 Å². The van der Waals surface area contributed by atoms with Crippen molar-refractivity contribution < 1.29 is 19.4 Å². The average molecular weight is 404 g/mol. The molecule has 154 valence electrons. The zero-order valence-electron chi connectivity index (χ0n) is 16.8. The number of hydrogen-bond donors (Lipinski definition) is 2. The number of carbonyl (C=O) groups is 1. The minimum atomic E-state index is -0.928. The molecule has 1 aliphatic carbocycles. The molecule has 2 N–H and O–H groups in total. The summed E-state index contributed by atoms with van der Waals surface area (Å²) in [5.41, 5.74) is 6.68. The van der Waals surface area contributed by atoms with E-state index in [0.717, 1.165) is 48.8 Å². The number of carboxylic acids is 1. The van der Waals surface area contributed by atoms with Crippen LogP contribution in [0.25, 0.3) is 11.1 Å². The van der Waals surface area contributed by atoms with Gasteiger partial charge in [-0.3, -0.25) is 0 Å². The van der Waals surface area contributed by atoms with E-state index in [1.165, 1.54) is 28.8 Å². The normalized spacial score (nSPS) is 15.6. The van der Waals surface area contributed by atoms with Crippen molar-refractivity contribution in [3.63, 3.8) is 0 Å². The Bertz CT molecular complexity index is 1060. The van der Waals surface area contributed by atoms with Crippen molar-refractivity contribution >= 4 is 5.97 Å². The number of aryl methyl sites for hydroxylation is 3. The zero-order chi connectivity index (χ0) is 21.1. The number of aromatic carboxylic acids is 1. The van der Waals surface area contributed by atoms with Crippen LogP contribution in [-0.4, -0.2) is 22.3 Å². The second-order valence-electron chi connectivity index (χ2n) is 8.04. The van der Waals surface area contributed by atoms with Gasteiger partial charge in [0.1, 0.15) is 5.82 Å². The number of carboxylic acid groups (broad SMARTS) is 1. The molecule has 0 aliphatic heterocycles. The molecule has 30 heavy (non-hydrogen) atoms. The molecule has 1 atom stereocenters. The SMILES string of the molecule is O=C(O)c1ccc(-c2ccc(F)cc2)cc1CCCc1ccc2c(c1)CCC(O)C2. The largest absolute Gasteiger partial charge is 0.478 e. The van der Waals surface area contributed by atoms with Gasteiger partial charge in [0.25, 0.3) is 0 Å². The van der Waals surface area contributed by atoms with Crippen LogP contribution in [0.5, 0.6) is 0 Å². The second kappa shape index (κ2) is 8.80. The molecule has 4 heteroatoms. The van der Waals surface area contributed by atoms with Gasteiger partial charge in [-0.05, 0) is 90.1 Å². The van der Waals surface area contributed by atoms with Gasteiger partial charge < -0.3 is 10.2 Å². The molecule has 3 aromatic rings. The molecule has 1 unspecified atom stereocenters. The summed E-state index contributed by atoms with van der Waals surface area (Å²) in [5.74, 6) is -1.22. The van der Waals surface area contributed by atoms with Crippen molar-refractivity contribution in [3.05, 3.63) is 94.3 Å². The first-order valence-electron chi connectivity index (χ1n) is 10.4. The number of hydrogen-bond acceptors (Lipinski definition) is 2. The van der Waals surface area contributed by atoms with Crippen LogP contribution in [0.1, 0.15) is 45.5 Å². The van der Waals surface area contributed by atoms with E-state index >= 15 is 0 Å². The van der Waals surface area contributed by atoms with E-state index in [1.54, 1.807) is 24.3 Å². The summed E-state index contributed by atoms with van der Waals surface area (Å²) in [4.78, 5) is 11.7. The highest BCUT2D eigenvalue weighted by Crippen LogP contribution is 2.26. The van der Waals surface area contributed by atoms with E-state index in [0.29, 0.717) is 12.0 Å². The predicted octanol–water partition coefficient (Wildman–Crippen LogP) is 5.22. The van der Waals surface area contributed by atoms with Crippen molar-refractivity contribution in [1.82, 2.24) is 0 Å². The average Bonchev–Trinajstić information content (AvgIpc) is 2.74. The molecule has 0 spiro atoms. The lowest BCUT2D eigenvalue weighted by Crippen LogP contribution is -2.18. The highest BCUT2D eigenvalue weighted by Gasteiger charge is 2.16. The minimum absolute atomic E-state index is 0.230. The molecule has 0 amide bonds. The van der Waals surface area contributed by atoms with Crippen LogP contribution < -0.4 is 0 Å². The molecule has 4 rings (SSSR count). The van der Waals surface area contributed by atoms with Crippen LogP contribution in [0.15, 0.2) is 60.7 Å². The van der Waals surface area contributed by atoms with Crippen molar-refractivity contribution in [3.8, 4) is 11.1 Å². The molecule has 0 aromatic heterocycles. The standard InChI is InChI=1S/C26H25FO3/c27-23-10-6-18(7-11-23)20-9-13-25(26(29)30)22(15-20)3-1-2-17-4-5-21-16-24(28)12-8-19(21)14-17/h4-7,9-11,13-15,24,28H,1-3,8,12,16H2,(H,29,30). The Morgan fingerprint density at radius 1 is 0.933 bits per heavy atom. The molecule has 0 saturated carbocycles. The molecule has 0 heterocycles. The smallest absolute Gasteiger partial charge is 0.335 e.